The van der Waals surface area contributed by atoms with Crippen molar-refractivity contribution in [3.05, 3.63) is 36.1 Å². The SMILES string of the molecule is C1=CC2=CN=CC3=NNCN3C2C=C1. The first kappa shape index (κ1) is 7.55. The molecule has 70 valence electrons. The second-order valence-corrected chi connectivity index (χ2v) is 3.35. The molecule has 3 rings (SSSR count). The van der Waals surface area contributed by atoms with Gasteiger partial charge in [0.1, 0.15) is 6.67 Å². The number of hydrogen-bond donors (Lipinski definition) is 1. The van der Waals surface area contributed by atoms with Crippen LogP contribution in [0.3, 0.4) is 0 Å². The molecule has 0 amide bonds. The van der Waals surface area contributed by atoms with Crippen LogP contribution < -0.4 is 5.43 Å². The summed E-state index contributed by atoms with van der Waals surface area (Å²) in [6.07, 6.45) is 12.0. The van der Waals surface area contributed by atoms with Gasteiger partial charge >= 0.3 is 0 Å². The Morgan fingerprint density at radius 2 is 2.43 bits per heavy atom. The number of nitrogens with zero attached hydrogens (tertiary/aromatic N) is 3. The van der Waals surface area contributed by atoms with Crippen molar-refractivity contribution in [2.24, 2.45) is 10.1 Å². The molecule has 4 heteroatoms. The Morgan fingerprint density at radius 1 is 1.43 bits per heavy atom. The number of aliphatic imine (C=N–C) groups is 1. The Labute approximate surface area is 82.0 Å². The molecule has 0 aromatic heterocycles. The largest absolute Gasteiger partial charge is 0.324 e. The van der Waals surface area contributed by atoms with Crippen molar-refractivity contribution in [2.45, 2.75) is 6.04 Å². The van der Waals surface area contributed by atoms with E-state index in [4.69, 9.17) is 0 Å². The van der Waals surface area contributed by atoms with Crippen molar-refractivity contribution >= 4 is 12.1 Å². The van der Waals surface area contributed by atoms with Crippen molar-refractivity contribution in [1.82, 2.24) is 10.3 Å². The molecule has 1 atom stereocenters. The van der Waals surface area contributed by atoms with Gasteiger partial charge in [0, 0.05) is 6.20 Å². The molecule has 3 aliphatic rings. The molecule has 2 heterocycles. The van der Waals surface area contributed by atoms with E-state index in [2.05, 4.69) is 38.6 Å². The van der Waals surface area contributed by atoms with Crippen LogP contribution in [-0.4, -0.2) is 29.7 Å². The highest BCUT2D eigenvalue weighted by Gasteiger charge is 2.26. The van der Waals surface area contributed by atoms with E-state index < -0.39 is 0 Å². The lowest BCUT2D eigenvalue weighted by Gasteiger charge is -2.26. The molecule has 1 N–H and O–H groups in total. The Hall–Kier alpha value is -1.84. The van der Waals surface area contributed by atoms with Gasteiger partial charge in [-0.25, -0.2) is 0 Å². The van der Waals surface area contributed by atoms with E-state index in [9.17, 15) is 0 Å². The highest BCUT2D eigenvalue weighted by Crippen LogP contribution is 2.21. The zero-order valence-corrected chi connectivity index (χ0v) is 7.59. The summed E-state index contributed by atoms with van der Waals surface area (Å²) in [6.45, 7) is 0.752. The fourth-order valence-electron chi connectivity index (χ4n) is 1.82. The van der Waals surface area contributed by atoms with Gasteiger partial charge in [0.15, 0.2) is 5.84 Å². The maximum Gasteiger partial charge on any atom is 0.169 e. The Bertz CT molecular complexity index is 400. The molecule has 0 spiro atoms. The van der Waals surface area contributed by atoms with E-state index in [1.165, 1.54) is 5.57 Å². The van der Waals surface area contributed by atoms with E-state index in [1.807, 2.05) is 12.3 Å². The van der Waals surface area contributed by atoms with Gasteiger partial charge < -0.3 is 4.90 Å². The molecule has 0 bridgehead atoms. The summed E-state index contributed by atoms with van der Waals surface area (Å²) in [5.74, 6) is 0.904. The Kier molecular flexibility index (Phi) is 1.53. The van der Waals surface area contributed by atoms with Crippen molar-refractivity contribution in [3.8, 4) is 0 Å². The van der Waals surface area contributed by atoms with Crippen LogP contribution in [0.1, 0.15) is 0 Å². The van der Waals surface area contributed by atoms with Crippen LogP contribution in [0.4, 0.5) is 0 Å². The average Bonchev–Trinajstić information content (AvgIpc) is 2.61. The smallest absolute Gasteiger partial charge is 0.169 e. The van der Waals surface area contributed by atoms with Crippen molar-refractivity contribution in [2.75, 3.05) is 6.67 Å². The summed E-state index contributed by atoms with van der Waals surface area (Å²) in [4.78, 5) is 6.40. The van der Waals surface area contributed by atoms with Crippen LogP contribution >= 0.6 is 0 Å². The maximum absolute atomic E-state index is 4.21. The maximum atomic E-state index is 4.21. The molecule has 2 aliphatic heterocycles. The van der Waals surface area contributed by atoms with Crippen LogP contribution in [0.5, 0.6) is 0 Å². The lowest BCUT2D eigenvalue weighted by Crippen LogP contribution is -2.39. The second kappa shape index (κ2) is 2.83. The number of fused-ring (bicyclic) bond motifs is 3. The number of rotatable bonds is 0. The third-order valence-corrected chi connectivity index (χ3v) is 2.51. The van der Waals surface area contributed by atoms with Crippen LogP contribution in [0.15, 0.2) is 46.2 Å². The topological polar surface area (TPSA) is 40.0 Å². The molecule has 1 aliphatic carbocycles. The molecule has 14 heavy (non-hydrogen) atoms. The fraction of sp³-hybridized carbons (Fsp3) is 0.200. The summed E-state index contributed by atoms with van der Waals surface area (Å²) in [5.41, 5.74) is 4.17. The third-order valence-electron chi connectivity index (χ3n) is 2.51. The number of hydrogen-bond acceptors (Lipinski definition) is 4. The molecular weight excluding hydrogens is 176 g/mol. The quantitative estimate of drug-likeness (QED) is 0.602. The molecule has 4 nitrogen and oxygen atoms in total. The highest BCUT2D eigenvalue weighted by atomic mass is 15.5. The minimum Gasteiger partial charge on any atom is -0.324 e. The summed E-state index contributed by atoms with van der Waals surface area (Å²) >= 11 is 0. The van der Waals surface area contributed by atoms with Crippen molar-refractivity contribution in [3.63, 3.8) is 0 Å². The minimum atomic E-state index is 0.274. The summed E-state index contributed by atoms with van der Waals surface area (Å²) in [5, 5.41) is 4.16. The minimum absolute atomic E-state index is 0.274. The molecule has 0 aromatic rings. The van der Waals surface area contributed by atoms with Gasteiger partial charge in [0.2, 0.25) is 0 Å². The zero-order valence-electron chi connectivity index (χ0n) is 7.59. The first-order valence-electron chi connectivity index (χ1n) is 4.60. The van der Waals surface area contributed by atoms with Crippen LogP contribution in [0, 0.1) is 0 Å². The first-order chi connectivity index (χ1) is 6.95. The normalized spacial score (nSPS) is 27.4. The second-order valence-electron chi connectivity index (χ2n) is 3.35. The van der Waals surface area contributed by atoms with Gasteiger partial charge in [-0.05, 0) is 5.57 Å². The van der Waals surface area contributed by atoms with Gasteiger partial charge in [-0.2, -0.15) is 5.10 Å². The van der Waals surface area contributed by atoms with E-state index in [0.29, 0.717) is 0 Å². The standard InChI is InChI=1S/C10H10N4/c1-2-4-9-8(3-1)5-11-6-10-13-12-7-14(9)10/h1-6,9,12H,7H2. The van der Waals surface area contributed by atoms with Crippen molar-refractivity contribution in [1.29, 1.82) is 0 Å². The fourth-order valence-corrected chi connectivity index (χ4v) is 1.82. The third kappa shape index (κ3) is 1.00. The molecule has 0 saturated carbocycles. The van der Waals surface area contributed by atoms with Gasteiger partial charge in [0.05, 0.1) is 12.3 Å². The van der Waals surface area contributed by atoms with Gasteiger partial charge in [-0.1, -0.05) is 24.3 Å². The van der Waals surface area contributed by atoms with Crippen LogP contribution in [-0.2, 0) is 0 Å². The van der Waals surface area contributed by atoms with Crippen molar-refractivity contribution < 1.29 is 0 Å². The number of nitrogens with one attached hydrogen (secondary N) is 1. The zero-order chi connectivity index (χ0) is 9.38. The average molecular weight is 186 g/mol. The number of amidine groups is 1. The number of allylic oxidation sites excluding steroid dienone is 2. The lowest BCUT2D eigenvalue weighted by molar-refractivity contribution is 0.404. The highest BCUT2D eigenvalue weighted by molar-refractivity contribution is 6.30. The van der Waals surface area contributed by atoms with E-state index >= 15 is 0 Å². The van der Waals surface area contributed by atoms with Crippen LogP contribution in [0.25, 0.3) is 0 Å². The molecule has 0 aromatic carbocycles. The van der Waals surface area contributed by atoms with E-state index in [-0.39, 0.29) is 6.04 Å². The predicted octanol–water partition coefficient (Wildman–Crippen LogP) is 0.625. The van der Waals surface area contributed by atoms with Gasteiger partial charge in [-0.15, -0.1) is 0 Å². The van der Waals surface area contributed by atoms with Gasteiger partial charge in [-0.3, -0.25) is 10.4 Å². The predicted molar refractivity (Wildman–Crippen MR) is 55.9 cm³/mol. The Balaban J connectivity index is 2.04. The Morgan fingerprint density at radius 3 is 3.43 bits per heavy atom. The summed E-state index contributed by atoms with van der Waals surface area (Å²) in [6, 6.07) is 0.274. The molecular formula is C10H10N4. The van der Waals surface area contributed by atoms with E-state index in [0.717, 1.165) is 12.5 Å². The molecule has 1 unspecified atom stereocenters. The summed E-state index contributed by atoms with van der Waals surface area (Å²) in [7, 11) is 0. The summed E-state index contributed by atoms with van der Waals surface area (Å²) < 4.78 is 0. The lowest BCUT2D eigenvalue weighted by atomic mass is 10.0. The van der Waals surface area contributed by atoms with Crippen LogP contribution in [0.2, 0.25) is 0 Å². The monoisotopic (exact) mass is 186 g/mol. The number of hydrazone groups is 1. The molecule has 0 fully saturated rings. The first-order valence-corrected chi connectivity index (χ1v) is 4.60. The molecule has 0 radical (unpaired) electrons. The van der Waals surface area contributed by atoms with Gasteiger partial charge in [0.25, 0.3) is 0 Å². The molecule has 0 saturated heterocycles. The van der Waals surface area contributed by atoms with E-state index in [1.54, 1.807) is 6.21 Å².